The molecule has 1 aliphatic rings. The van der Waals surface area contributed by atoms with E-state index in [1.807, 2.05) is 0 Å². The molecule has 2 aromatic rings. The van der Waals surface area contributed by atoms with E-state index in [2.05, 4.69) is 20.9 Å². The normalized spacial score (nSPS) is 32.4. The van der Waals surface area contributed by atoms with Crippen molar-refractivity contribution < 1.29 is 20.1 Å². The van der Waals surface area contributed by atoms with Crippen LogP contribution in [-0.2, 0) is 4.74 Å². The van der Waals surface area contributed by atoms with Crippen LogP contribution in [0.5, 0.6) is 0 Å². The molecule has 2 aromatic heterocycles. The molecule has 1 fully saturated rings. The Kier molecular flexibility index (Phi) is 3.03. The van der Waals surface area contributed by atoms with Crippen molar-refractivity contribution in [2.45, 2.75) is 24.0 Å². The van der Waals surface area contributed by atoms with Crippen molar-refractivity contribution in [1.29, 1.82) is 0 Å². The summed E-state index contributed by atoms with van der Waals surface area (Å²) in [6.07, 6.45) is 4.04. The van der Waals surface area contributed by atoms with Crippen molar-refractivity contribution in [3.8, 4) is 12.3 Å². The molecule has 9 nitrogen and oxygen atoms in total. The number of ether oxygens (including phenoxy) is 1. The summed E-state index contributed by atoms with van der Waals surface area (Å²) in [5.74, 6) is 2.36. The number of aliphatic hydroxyl groups is 3. The van der Waals surface area contributed by atoms with E-state index >= 15 is 0 Å². The van der Waals surface area contributed by atoms with Gasteiger partial charge in [-0.3, -0.25) is 4.57 Å². The first-order valence-corrected chi connectivity index (χ1v) is 6.09. The molecule has 0 aromatic carbocycles. The minimum Gasteiger partial charge on any atom is -0.392 e. The van der Waals surface area contributed by atoms with Gasteiger partial charge in [0.15, 0.2) is 23.3 Å². The van der Waals surface area contributed by atoms with Gasteiger partial charge >= 0.3 is 0 Å². The molecule has 0 amide bonds. The number of hydrogen-bond donors (Lipinski definition) is 4. The number of aliphatic hydroxyl groups excluding tert-OH is 3. The number of nitrogen functional groups attached to an aromatic ring is 1. The van der Waals surface area contributed by atoms with Gasteiger partial charge in [0.2, 0.25) is 0 Å². The predicted molar refractivity (Wildman–Crippen MR) is 70.5 cm³/mol. The van der Waals surface area contributed by atoms with Crippen LogP contribution in [-0.4, -0.2) is 59.3 Å². The molecule has 21 heavy (non-hydrogen) atoms. The van der Waals surface area contributed by atoms with Crippen molar-refractivity contribution in [3.63, 3.8) is 0 Å². The summed E-state index contributed by atoms with van der Waals surface area (Å²) in [7, 11) is 0. The number of nitrogens with two attached hydrogens (primary N) is 1. The highest BCUT2D eigenvalue weighted by molar-refractivity contribution is 5.81. The number of rotatable bonds is 2. The number of hydrogen-bond acceptors (Lipinski definition) is 8. The smallest absolute Gasteiger partial charge is 0.182 e. The molecule has 0 aliphatic carbocycles. The van der Waals surface area contributed by atoms with Crippen LogP contribution in [0.1, 0.15) is 6.23 Å². The number of anilines is 1. The van der Waals surface area contributed by atoms with Crippen molar-refractivity contribution in [2.75, 3.05) is 12.3 Å². The second kappa shape index (κ2) is 4.64. The van der Waals surface area contributed by atoms with E-state index in [0.717, 1.165) is 0 Å². The van der Waals surface area contributed by atoms with Gasteiger partial charge in [0.25, 0.3) is 0 Å². The maximum Gasteiger partial charge on any atom is 0.182 e. The molecule has 3 rings (SSSR count). The van der Waals surface area contributed by atoms with Gasteiger partial charge < -0.3 is 25.8 Å². The van der Waals surface area contributed by atoms with Gasteiger partial charge in [0, 0.05) is 0 Å². The summed E-state index contributed by atoms with van der Waals surface area (Å²) in [5.41, 5.74) is 4.66. The number of nitrogens with zero attached hydrogens (tertiary/aromatic N) is 4. The lowest BCUT2D eigenvalue weighted by atomic mass is 9.97. The molecule has 1 saturated heterocycles. The molecular formula is C12H13N5O4. The monoisotopic (exact) mass is 291 g/mol. The predicted octanol–water partition coefficient (Wildman–Crippen LogP) is -1.98. The lowest BCUT2D eigenvalue weighted by molar-refractivity contribution is -0.0911. The fourth-order valence-corrected chi connectivity index (χ4v) is 2.36. The van der Waals surface area contributed by atoms with E-state index in [4.69, 9.17) is 16.9 Å². The molecule has 0 bridgehead atoms. The van der Waals surface area contributed by atoms with Gasteiger partial charge in [0.1, 0.15) is 24.1 Å². The Morgan fingerprint density at radius 3 is 2.81 bits per heavy atom. The lowest BCUT2D eigenvalue weighted by Crippen LogP contribution is -2.44. The lowest BCUT2D eigenvalue weighted by Gasteiger charge is -2.23. The molecule has 5 N–H and O–H groups in total. The quantitative estimate of drug-likeness (QED) is 0.467. The molecule has 110 valence electrons. The highest BCUT2D eigenvalue weighted by Crippen LogP contribution is 2.37. The fourth-order valence-electron chi connectivity index (χ4n) is 2.36. The topological polar surface area (TPSA) is 140 Å². The minimum absolute atomic E-state index is 0.178. The van der Waals surface area contributed by atoms with E-state index in [1.165, 1.54) is 17.2 Å². The zero-order chi connectivity index (χ0) is 15.2. The van der Waals surface area contributed by atoms with Gasteiger partial charge in [-0.1, -0.05) is 5.92 Å². The number of fused-ring (bicyclic) bond motifs is 1. The Bertz CT molecular complexity index is 726. The Balaban J connectivity index is 2.08. The molecule has 4 unspecified atom stereocenters. The fraction of sp³-hybridized carbons (Fsp3) is 0.417. The summed E-state index contributed by atoms with van der Waals surface area (Å²) in [6.45, 7) is -0.637. The van der Waals surface area contributed by atoms with Gasteiger partial charge in [-0.15, -0.1) is 6.42 Å². The standard InChI is InChI=1S/C12H13N5O4/c1-2-12(3-18)8(20)7(19)11(21-12)17-5-16-6-9(13)14-4-15-10(6)17/h1,4-5,7-8,11,18-20H,3H2,(H2,13,14,15). The number of aromatic nitrogens is 4. The van der Waals surface area contributed by atoms with Gasteiger partial charge in [-0.2, -0.15) is 0 Å². The van der Waals surface area contributed by atoms with Crippen LogP contribution in [0.25, 0.3) is 11.2 Å². The van der Waals surface area contributed by atoms with E-state index in [-0.39, 0.29) is 5.82 Å². The SMILES string of the molecule is C#CC1(CO)OC(n2cnc3c(N)ncnc32)C(O)C1O. The number of imidazole rings is 1. The Morgan fingerprint density at radius 1 is 1.43 bits per heavy atom. The van der Waals surface area contributed by atoms with Crippen LogP contribution < -0.4 is 5.73 Å². The van der Waals surface area contributed by atoms with Crippen LogP contribution in [0.15, 0.2) is 12.7 Å². The van der Waals surface area contributed by atoms with Crippen LogP contribution >= 0.6 is 0 Å². The maximum atomic E-state index is 10.2. The first-order valence-electron chi connectivity index (χ1n) is 6.09. The highest BCUT2D eigenvalue weighted by atomic mass is 16.6. The summed E-state index contributed by atoms with van der Waals surface area (Å²) in [6, 6.07) is 0. The zero-order valence-electron chi connectivity index (χ0n) is 10.8. The molecule has 1 aliphatic heterocycles. The Labute approximate surface area is 119 Å². The third-order valence-corrected chi connectivity index (χ3v) is 3.56. The van der Waals surface area contributed by atoms with Crippen molar-refractivity contribution in [1.82, 2.24) is 19.5 Å². The second-order valence-electron chi connectivity index (χ2n) is 4.72. The van der Waals surface area contributed by atoms with Crippen LogP contribution in [0.3, 0.4) is 0 Å². The molecule has 3 heterocycles. The molecule has 0 saturated carbocycles. The van der Waals surface area contributed by atoms with E-state index < -0.39 is 30.6 Å². The van der Waals surface area contributed by atoms with Gasteiger partial charge in [-0.25, -0.2) is 15.0 Å². The molecule has 9 heteroatoms. The first-order chi connectivity index (χ1) is 10.0. The first kappa shape index (κ1) is 13.7. The average Bonchev–Trinajstić information content (AvgIpc) is 3.02. The van der Waals surface area contributed by atoms with Crippen LogP contribution in [0.2, 0.25) is 0 Å². The average molecular weight is 291 g/mol. The van der Waals surface area contributed by atoms with Crippen LogP contribution in [0.4, 0.5) is 5.82 Å². The second-order valence-corrected chi connectivity index (χ2v) is 4.72. The third-order valence-electron chi connectivity index (χ3n) is 3.56. The summed E-state index contributed by atoms with van der Waals surface area (Å²) >= 11 is 0. The summed E-state index contributed by atoms with van der Waals surface area (Å²) in [4.78, 5) is 11.9. The Morgan fingerprint density at radius 2 is 2.19 bits per heavy atom. The van der Waals surface area contributed by atoms with Gasteiger partial charge in [0.05, 0.1) is 12.9 Å². The maximum absolute atomic E-state index is 10.2. The van der Waals surface area contributed by atoms with Crippen molar-refractivity contribution >= 4 is 17.0 Å². The minimum atomic E-state index is -1.68. The van der Waals surface area contributed by atoms with Gasteiger partial charge in [-0.05, 0) is 0 Å². The van der Waals surface area contributed by atoms with E-state index in [0.29, 0.717) is 11.2 Å². The molecule has 4 atom stereocenters. The zero-order valence-corrected chi connectivity index (χ0v) is 10.8. The molecule has 0 spiro atoms. The Hall–Kier alpha value is -2.25. The van der Waals surface area contributed by atoms with E-state index in [1.54, 1.807) is 0 Å². The largest absolute Gasteiger partial charge is 0.392 e. The molecule has 0 radical (unpaired) electrons. The van der Waals surface area contributed by atoms with Crippen LogP contribution in [0, 0.1) is 12.3 Å². The van der Waals surface area contributed by atoms with Crippen molar-refractivity contribution in [3.05, 3.63) is 12.7 Å². The molecular weight excluding hydrogens is 278 g/mol. The number of terminal acetylenes is 1. The third kappa shape index (κ3) is 1.78. The van der Waals surface area contributed by atoms with E-state index in [9.17, 15) is 15.3 Å². The van der Waals surface area contributed by atoms with Crippen molar-refractivity contribution in [2.24, 2.45) is 0 Å². The summed E-state index contributed by atoms with van der Waals surface area (Å²) in [5, 5.41) is 29.6. The summed E-state index contributed by atoms with van der Waals surface area (Å²) < 4.78 is 6.88. The highest BCUT2D eigenvalue weighted by Gasteiger charge is 2.54.